The maximum Gasteiger partial charge on any atom is 0.264 e. The molecule has 0 aromatic carbocycles. The number of aromatic amines is 1. The van der Waals surface area contributed by atoms with Crippen molar-refractivity contribution in [1.82, 2.24) is 20.5 Å². The minimum Gasteiger partial charge on any atom is -0.418 e. The Morgan fingerprint density at radius 3 is 3.06 bits per heavy atom. The van der Waals surface area contributed by atoms with Gasteiger partial charge in [-0.2, -0.15) is 0 Å². The first kappa shape index (κ1) is 10.2. The lowest BCUT2D eigenvalue weighted by Crippen LogP contribution is -2.15. The van der Waals surface area contributed by atoms with Gasteiger partial charge in [-0.15, -0.1) is 10.2 Å². The summed E-state index contributed by atoms with van der Waals surface area (Å²) in [6, 6.07) is 5.42. The third-order valence-corrected chi connectivity index (χ3v) is 2.58. The second kappa shape index (κ2) is 4.14. The van der Waals surface area contributed by atoms with Gasteiger partial charge in [0.25, 0.3) is 5.89 Å². The Balaban J connectivity index is 1.76. The minimum atomic E-state index is -0.182. The number of H-pyrrole nitrogens is 1. The Bertz CT molecular complexity index is 571. The fourth-order valence-electron chi connectivity index (χ4n) is 1.53. The maximum absolute atomic E-state index is 11.1. The summed E-state index contributed by atoms with van der Waals surface area (Å²) in [5.41, 5.74) is 0.362. The van der Waals surface area contributed by atoms with E-state index >= 15 is 0 Å². The van der Waals surface area contributed by atoms with Crippen LogP contribution in [-0.4, -0.2) is 21.2 Å². The summed E-state index contributed by atoms with van der Waals surface area (Å²) in [6.07, 6.45) is 2.43. The first-order valence-electron chi connectivity index (χ1n) is 5.57. The normalized spacial score (nSPS) is 15.1. The molecule has 0 unspecified atom stereocenters. The van der Waals surface area contributed by atoms with E-state index in [0.29, 0.717) is 30.1 Å². The number of nitrogens with zero attached hydrogens (tertiary/aromatic N) is 2. The van der Waals surface area contributed by atoms with Gasteiger partial charge < -0.3 is 14.7 Å². The van der Waals surface area contributed by atoms with Gasteiger partial charge in [-0.25, -0.2) is 0 Å². The molecule has 0 spiro atoms. The molecule has 0 radical (unpaired) electrons. The summed E-state index contributed by atoms with van der Waals surface area (Å²) >= 11 is 0. The molecule has 2 aromatic rings. The number of hydrogen-bond acceptors (Lipinski definition) is 5. The van der Waals surface area contributed by atoms with Gasteiger partial charge in [0.15, 0.2) is 0 Å². The van der Waals surface area contributed by atoms with Crippen molar-refractivity contribution in [3.05, 3.63) is 34.4 Å². The highest BCUT2D eigenvalue weighted by atomic mass is 16.4. The molecule has 1 fully saturated rings. The zero-order valence-corrected chi connectivity index (χ0v) is 9.14. The minimum absolute atomic E-state index is 0.182. The van der Waals surface area contributed by atoms with E-state index in [9.17, 15) is 4.79 Å². The van der Waals surface area contributed by atoms with Gasteiger partial charge in [0.1, 0.15) is 5.69 Å². The lowest BCUT2D eigenvalue weighted by molar-refractivity contribution is 0.475. The van der Waals surface area contributed by atoms with Crippen molar-refractivity contribution in [3.8, 4) is 11.6 Å². The smallest absolute Gasteiger partial charge is 0.264 e. The van der Waals surface area contributed by atoms with Crippen molar-refractivity contribution in [3.63, 3.8) is 0 Å². The fourth-order valence-corrected chi connectivity index (χ4v) is 1.53. The average molecular weight is 232 g/mol. The molecule has 3 rings (SSSR count). The van der Waals surface area contributed by atoms with E-state index in [1.807, 2.05) is 0 Å². The molecule has 2 N–H and O–H groups in total. The van der Waals surface area contributed by atoms with Crippen LogP contribution in [0, 0.1) is 0 Å². The number of nitrogens with one attached hydrogen (secondary N) is 2. The summed E-state index contributed by atoms with van der Waals surface area (Å²) in [7, 11) is 0. The van der Waals surface area contributed by atoms with Gasteiger partial charge in [0.2, 0.25) is 11.4 Å². The van der Waals surface area contributed by atoms with E-state index in [1.165, 1.54) is 18.9 Å². The molecule has 1 saturated carbocycles. The molecule has 17 heavy (non-hydrogen) atoms. The molecule has 1 aliphatic carbocycles. The maximum atomic E-state index is 11.1. The molecule has 0 bridgehead atoms. The van der Waals surface area contributed by atoms with Crippen molar-refractivity contribution < 1.29 is 4.42 Å². The Hall–Kier alpha value is -1.95. The molecule has 0 aliphatic heterocycles. The molecule has 0 atom stereocenters. The largest absolute Gasteiger partial charge is 0.418 e. The quantitative estimate of drug-likeness (QED) is 0.809. The van der Waals surface area contributed by atoms with Crippen molar-refractivity contribution in [1.29, 1.82) is 0 Å². The monoisotopic (exact) mass is 232 g/mol. The molecule has 0 amide bonds. The first-order valence-corrected chi connectivity index (χ1v) is 5.57. The highest BCUT2D eigenvalue weighted by Crippen LogP contribution is 2.19. The van der Waals surface area contributed by atoms with Gasteiger partial charge in [-0.1, -0.05) is 6.07 Å². The van der Waals surface area contributed by atoms with Crippen LogP contribution in [0.25, 0.3) is 11.6 Å². The van der Waals surface area contributed by atoms with Crippen LogP contribution in [0.3, 0.4) is 0 Å². The summed E-state index contributed by atoms with van der Waals surface area (Å²) in [5.74, 6) is 0.881. The lowest BCUT2D eigenvalue weighted by atomic mass is 10.3. The summed E-state index contributed by atoms with van der Waals surface area (Å²) in [5, 5.41) is 11.1. The van der Waals surface area contributed by atoms with Crippen molar-refractivity contribution in [2.24, 2.45) is 0 Å². The average Bonchev–Trinajstić information content (AvgIpc) is 3.04. The Kier molecular flexibility index (Phi) is 2.49. The van der Waals surface area contributed by atoms with Crippen molar-refractivity contribution in [2.75, 3.05) is 0 Å². The van der Waals surface area contributed by atoms with E-state index in [1.54, 1.807) is 12.1 Å². The van der Waals surface area contributed by atoms with Crippen molar-refractivity contribution >= 4 is 0 Å². The van der Waals surface area contributed by atoms with Crippen LogP contribution in [0.15, 0.2) is 27.4 Å². The molecule has 2 aromatic heterocycles. The van der Waals surface area contributed by atoms with Crippen LogP contribution in [-0.2, 0) is 6.54 Å². The summed E-state index contributed by atoms with van der Waals surface area (Å²) < 4.78 is 5.45. The lowest BCUT2D eigenvalue weighted by Gasteiger charge is -1.96. The summed E-state index contributed by atoms with van der Waals surface area (Å²) in [4.78, 5) is 13.8. The van der Waals surface area contributed by atoms with Crippen LogP contribution in [0.2, 0.25) is 0 Å². The molecule has 2 heterocycles. The Morgan fingerprint density at radius 2 is 2.29 bits per heavy atom. The van der Waals surface area contributed by atoms with Crippen LogP contribution in [0.5, 0.6) is 0 Å². The molecule has 1 aliphatic rings. The highest BCUT2D eigenvalue weighted by molar-refractivity contribution is 5.44. The van der Waals surface area contributed by atoms with Crippen LogP contribution < -0.4 is 10.9 Å². The number of pyridine rings is 1. The summed E-state index contributed by atoms with van der Waals surface area (Å²) in [6.45, 7) is 0.578. The molecule has 6 nitrogen and oxygen atoms in total. The van der Waals surface area contributed by atoms with E-state index in [-0.39, 0.29) is 5.56 Å². The van der Waals surface area contributed by atoms with Gasteiger partial charge in [0, 0.05) is 12.1 Å². The number of hydrogen-bond donors (Lipinski definition) is 2. The van der Waals surface area contributed by atoms with Gasteiger partial charge >= 0.3 is 0 Å². The van der Waals surface area contributed by atoms with E-state index in [0.717, 1.165) is 0 Å². The molecule has 88 valence electrons. The van der Waals surface area contributed by atoms with Crippen LogP contribution >= 0.6 is 0 Å². The van der Waals surface area contributed by atoms with Gasteiger partial charge in [0.05, 0.1) is 6.54 Å². The SMILES string of the molecule is O=c1cccc(-c2nnc(CNC3CC3)o2)[nH]1. The number of aromatic nitrogens is 3. The molecular formula is C11H12N4O2. The van der Waals surface area contributed by atoms with Gasteiger partial charge in [-0.05, 0) is 18.9 Å². The second-order valence-corrected chi connectivity index (χ2v) is 4.08. The fraction of sp³-hybridized carbons (Fsp3) is 0.364. The molecular weight excluding hydrogens is 220 g/mol. The third-order valence-electron chi connectivity index (χ3n) is 2.58. The van der Waals surface area contributed by atoms with Crippen LogP contribution in [0.1, 0.15) is 18.7 Å². The van der Waals surface area contributed by atoms with E-state index in [4.69, 9.17) is 4.42 Å². The Morgan fingerprint density at radius 1 is 1.41 bits per heavy atom. The first-order chi connectivity index (χ1) is 8.31. The predicted molar refractivity (Wildman–Crippen MR) is 60.2 cm³/mol. The van der Waals surface area contributed by atoms with Crippen molar-refractivity contribution in [2.45, 2.75) is 25.4 Å². The van der Waals surface area contributed by atoms with Crippen LogP contribution in [0.4, 0.5) is 0 Å². The zero-order valence-electron chi connectivity index (χ0n) is 9.14. The predicted octanol–water partition coefficient (Wildman–Crippen LogP) is 0.677. The topological polar surface area (TPSA) is 83.8 Å². The van der Waals surface area contributed by atoms with E-state index < -0.39 is 0 Å². The molecule has 0 saturated heterocycles. The van der Waals surface area contributed by atoms with E-state index in [2.05, 4.69) is 20.5 Å². The molecule has 6 heteroatoms. The standard InChI is InChI=1S/C11H12N4O2/c16-9-3-1-2-8(13-9)11-15-14-10(17-11)6-12-7-4-5-7/h1-3,7,12H,4-6H2,(H,13,16). The number of rotatable bonds is 4. The third kappa shape index (κ3) is 2.42. The second-order valence-electron chi connectivity index (χ2n) is 4.08. The Labute approximate surface area is 97.1 Å². The highest BCUT2D eigenvalue weighted by Gasteiger charge is 2.21. The zero-order chi connectivity index (χ0) is 11.7. The van der Waals surface area contributed by atoms with Gasteiger partial charge in [-0.3, -0.25) is 4.79 Å².